The van der Waals surface area contributed by atoms with Crippen LogP contribution in [-0.4, -0.2) is 18.7 Å². The lowest BCUT2D eigenvalue weighted by Gasteiger charge is -2.27. The fourth-order valence-corrected chi connectivity index (χ4v) is 2.62. The molecule has 1 aromatic carbocycles. The zero-order valence-electron chi connectivity index (χ0n) is 13.6. The average Bonchev–Trinajstić information content (AvgIpc) is 3.28. The minimum absolute atomic E-state index is 0.146. The van der Waals surface area contributed by atoms with Gasteiger partial charge in [-0.3, -0.25) is 5.32 Å². The standard InChI is InChI=1S/C18H26N2O/c1-5-20-18(12-19,15-6-7-15)13-21-16-10-8-14(9-11-16)17(2,3)4/h8-11,15,20H,5-7,13H2,1-4H3. The Morgan fingerprint density at radius 3 is 2.29 bits per heavy atom. The summed E-state index contributed by atoms with van der Waals surface area (Å²) in [5, 5.41) is 12.9. The maximum absolute atomic E-state index is 9.55. The van der Waals surface area contributed by atoms with Crippen molar-refractivity contribution in [2.75, 3.05) is 13.2 Å². The number of rotatable bonds is 6. The Balaban J connectivity index is 2.03. The zero-order chi connectivity index (χ0) is 15.5. The van der Waals surface area contributed by atoms with Crippen LogP contribution in [0.5, 0.6) is 5.75 Å². The second-order valence-electron chi connectivity index (χ2n) is 6.95. The second-order valence-corrected chi connectivity index (χ2v) is 6.95. The second kappa shape index (κ2) is 6.07. The molecule has 2 rings (SSSR count). The van der Waals surface area contributed by atoms with Crippen LogP contribution in [0.2, 0.25) is 0 Å². The summed E-state index contributed by atoms with van der Waals surface area (Å²) in [4.78, 5) is 0. The van der Waals surface area contributed by atoms with E-state index >= 15 is 0 Å². The summed E-state index contributed by atoms with van der Waals surface area (Å²) in [6.45, 7) is 9.82. The van der Waals surface area contributed by atoms with Crippen LogP contribution in [0.4, 0.5) is 0 Å². The number of likely N-dealkylation sites (N-methyl/N-ethyl adjacent to an activating group) is 1. The number of benzene rings is 1. The first-order chi connectivity index (χ1) is 9.91. The van der Waals surface area contributed by atoms with Crippen molar-refractivity contribution in [2.45, 2.75) is 51.5 Å². The predicted octanol–water partition coefficient (Wildman–Crippen LogP) is 3.64. The maximum atomic E-state index is 9.55. The molecular weight excluding hydrogens is 260 g/mol. The van der Waals surface area contributed by atoms with Gasteiger partial charge in [0.1, 0.15) is 17.9 Å². The summed E-state index contributed by atoms with van der Waals surface area (Å²) in [5.74, 6) is 1.26. The summed E-state index contributed by atoms with van der Waals surface area (Å²) in [5.41, 5.74) is 0.903. The van der Waals surface area contributed by atoms with Gasteiger partial charge >= 0.3 is 0 Å². The van der Waals surface area contributed by atoms with Crippen molar-refractivity contribution in [3.8, 4) is 11.8 Å². The Kier molecular flexibility index (Phi) is 4.58. The van der Waals surface area contributed by atoms with Crippen LogP contribution < -0.4 is 10.1 Å². The third-order valence-corrected chi connectivity index (χ3v) is 4.15. The maximum Gasteiger partial charge on any atom is 0.143 e. The smallest absolute Gasteiger partial charge is 0.143 e. The van der Waals surface area contributed by atoms with Crippen LogP contribution in [-0.2, 0) is 5.41 Å². The van der Waals surface area contributed by atoms with E-state index in [0.29, 0.717) is 12.5 Å². The normalized spacial score (nSPS) is 17.9. The lowest BCUT2D eigenvalue weighted by molar-refractivity contribution is 0.204. The minimum atomic E-state index is -0.530. The van der Waals surface area contributed by atoms with E-state index in [1.807, 2.05) is 19.1 Å². The zero-order valence-corrected chi connectivity index (χ0v) is 13.6. The van der Waals surface area contributed by atoms with Crippen molar-refractivity contribution < 1.29 is 4.74 Å². The molecule has 1 aliphatic carbocycles. The first-order valence-electron chi connectivity index (χ1n) is 7.81. The van der Waals surface area contributed by atoms with Crippen LogP contribution in [0, 0.1) is 17.2 Å². The first kappa shape index (κ1) is 15.9. The van der Waals surface area contributed by atoms with E-state index in [0.717, 1.165) is 25.1 Å². The summed E-state index contributed by atoms with van der Waals surface area (Å²) < 4.78 is 5.90. The highest BCUT2D eigenvalue weighted by Gasteiger charge is 2.46. The largest absolute Gasteiger partial charge is 0.491 e. The van der Waals surface area contributed by atoms with Gasteiger partial charge in [-0.2, -0.15) is 5.26 Å². The molecule has 0 spiro atoms. The molecule has 1 fully saturated rings. The molecule has 1 N–H and O–H groups in total. The van der Waals surface area contributed by atoms with Crippen molar-refractivity contribution in [1.82, 2.24) is 5.32 Å². The molecule has 0 radical (unpaired) electrons. The van der Waals surface area contributed by atoms with E-state index in [-0.39, 0.29) is 5.41 Å². The van der Waals surface area contributed by atoms with Crippen molar-refractivity contribution in [3.63, 3.8) is 0 Å². The summed E-state index contributed by atoms with van der Waals surface area (Å²) in [6, 6.07) is 10.7. The molecule has 114 valence electrons. The van der Waals surface area contributed by atoms with Gasteiger partial charge in [-0.15, -0.1) is 0 Å². The predicted molar refractivity (Wildman–Crippen MR) is 85.4 cm³/mol. The highest BCUT2D eigenvalue weighted by Crippen LogP contribution is 2.39. The van der Waals surface area contributed by atoms with Crippen molar-refractivity contribution in [1.29, 1.82) is 5.26 Å². The van der Waals surface area contributed by atoms with Crippen LogP contribution in [0.3, 0.4) is 0 Å². The summed E-state index contributed by atoms with van der Waals surface area (Å²) in [7, 11) is 0. The number of ether oxygens (including phenoxy) is 1. The Bertz CT molecular complexity index is 506. The van der Waals surface area contributed by atoms with Gasteiger partial charge in [0.05, 0.1) is 6.07 Å². The SMILES string of the molecule is CCNC(C#N)(COc1ccc(C(C)(C)C)cc1)C1CC1. The molecule has 1 aliphatic rings. The van der Waals surface area contributed by atoms with E-state index in [9.17, 15) is 5.26 Å². The molecule has 21 heavy (non-hydrogen) atoms. The molecule has 0 bridgehead atoms. The molecule has 0 heterocycles. The van der Waals surface area contributed by atoms with Gasteiger partial charge in [-0.1, -0.05) is 39.8 Å². The lowest BCUT2D eigenvalue weighted by Crippen LogP contribution is -2.50. The van der Waals surface area contributed by atoms with Gasteiger partial charge in [0, 0.05) is 0 Å². The van der Waals surface area contributed by atoms with Gasteiger partial charge in [-0.05, 0) is 48.4 Å². The van der Waals surface area contributed by atoms with Gasteiger partial charge in [0.2, 0.25) is 0 Å². The van der Waals surface area contributed by atoms with Gasteiger partial charge < -0.3 is 4.74 Å². The highest BCUT2D eigenvalue weighted by atomic mass is 16.5. The van der Waals surface area contributed by atoms with Crippen LogP contribution >= 0.6 is 0 Å². The Labute approximate surface area is 128 Å². The first-order valence-corrected chi connectivity index (χ1v) is 7.81. The number of nitriles is 1. The van der Waals surface area contributed by atoms with Crippen LogP contribution in [0.1, 0.15) is 46.1 Å². The summed E-state index contributed by atoms with van der Waals surface area (Å²) >= 11 is 0. The molecule has 0 amide bonds. The summed E-state index contributed by atoms with van der Waals surface area (Å²) in [6.07, 6.45) is 2.24. The van der Waals surface area contributed by atoms with E-state index in [4.69, 9.17) is 4.74 Å². The Hall–Kier alpha value is -1.53. The Morgan fingerprint density at radius 1 is 1.24 bits per heavy atom. The van der Waals surface area contributed by atoms with Crippen LogP contribution in [0.15, 0.2) is 24.3 Å². The Morgan fingerprint density at radius 2 is 1.86 bits per heavy atom. The molecule has 0 aliphatic heterocycles. The van der Waals surface area contributed by atoms with Crippen molar-refractivity contribution >= 4 is 0 Å². The fourth-order valence-electron chi connectivity index (χ4n) is 2.62. The monoisotopic (exact) mass is 286 g/mol. The average molecular weight is 286 g/mol. The quantitative estimate of drug-likeness (QED) is 0.868. The molecule has 1 saturated carbocycles. The number of hydrogen-bond donors (Lipinski definition) is 1. The third kappa shape index (κ3) is 3.77. The minimum Gasteiger partial charge on any atom is -0.491 e. The number of nitrogens with one attached hydrogen (secondary N) is 1. The molecular formula is C18H26N2O. The third-order valence-electron chi connectivity index (χ3n) is 4.15. The molecule has 3 heteroatoms. The topological polar surface area (TPSA) is 45.0 Å². The molecule has 1 atom stereocenters. The lowest BCUT2D eigenvalue weighted by atomic mass is 9.87. The number of nitrogens with zero attached hydrogens (tertiary/aromatic N) is 1. The van der Waals surface area contributed by atoms with E-state index < -0.39 is 5.54 Å². The molecule has 1 aromatic rings. The van der Waals surface area contributed by atoms with E-state index in [2.05, 4.69) is 44.3 Å². The van der Waals surface area contributed by atoms with E-state index in [1.165, 1.54) is 5.56 Å². The molecule has 0 saturated heterocycles. The van der Waals surface area contributed by atoms with Gasteiger partial charge in [0.25, 0.3) is 0 Å². The molecule has 3 nitrogen and oxygen atoms in total. The fraction of sp³-hybridized carbons (Fsp3) is 0.611. The molecule has 1 unspecified atom stereocenters. The van der Waals surface area contributed by atoms with Crippen molar-refractivity contribution in [2.24, 2.45) is 5.92 Å². The number of hydrogen-bond acceptors (Lipinski definition) is 3. The van der Waals surface area contributed by atoms with Gasteiger partial charge in [0.15, 0.2) is 0 Å². The van der Waals surface area contributed by atoms with Crippen molar-refractivity contribution in [3.05, 3.63) is 29.8 Å². The molecule has 0 aromatic heterocycles. The van der Waals surface area contributed by atoms with Crippen LogP contribution in [0.25, 0.3) is 0 Å². The van der Waals surface area contributed by atoms with E-state index in [1.54, 1.807) is 0 Å². The van der Waals surface area contributed by atoms with Gasteiger partial charge in [-0.25, -0.2) is 0 Å². The highest BCUT2D eigenvalue weighted by molar-refractivity contribution is 5.31.